The molecule has 0 saturated heterocycles. The highest BCUT2D eigenvalue weighted by atomic mass is 32.2. The van der Waals surface area contributed by atoms with Crippen LogP contribution in [0.5, 0.6) is 0 Å². The predicted molar refractivity (Wildman–Crippen MR) is 37.6 cm³/mol. The Morgan fingerprint density at radius 1 is 1.55 bits per heavy atom. The van der Waals surface area contributed by atoms with E-state index in [4.69, 9.17) is 5.11 Å². The van der Waals surface area contributed by atoms with Crippen LogP contribution >= 0.6 is 0 Å². The van der Waals surface area contributed by atoms with Crippen molar-refractivity contribution in [1.29, 1.82) is 0 Å². The second-order valence-electron chi connectivity index (χ2n) is 1.76. The molecule has 0 bridgehead atoms. The van der Waals surface area contributed by atoms with Crippen molar-refractivity contribution >= 4 is 15.8 Å². The first kappa shape index (κ1) is 9.96. The zero-order valence-corrected chi connectivity index (χ0v) is 6.88. The van der Waals surface area contributed by atoms with Crippen LogP contribution < -0.4 is 0 Å². The zero-order chi connectivity index (χ0) is 9.07. The Morgan fingerprint density at radius 3 is 2.09 bits per heavy atom. The molecule has 11 heavy (non-hydrogen) atoms. The third kappa shape index (κ3) is 2.58. The third-order valence-electron chi connectivity index (χ3n) is 0.903. The minimum Gasteiger partial charge on any atom is -0.514 e. The Labute approximate surface area is 64.2 Å². The molecule has 0 aromatic heterocycles. The predicted octanol–water partition coefficient (Wildman–Crippen LogP) is -0.397. The standard InChI is InChI=1S/C5H8O5S/c1-10-5(7)4(3-6)11(2,8)9/h3,6H,1-2H3/b4-3+. The molecule has 0 radical (unpaired) electrons. The second kappa shape index (κ2) is 3.38. The molecule has 0 unspecified atom stereocenters. The summed E-state index contributed by atoms with van der Waals surface area (Å²) in [5.41, 5.74) is 0. The molecule has 0 aliphatic rings. The van der Waals surface area contributed by atoms with Gasteiger partial charge in [-0.15, -0.1) is 0 Å². The van der Waals surface area contributed by atoms with E-state index in [0.29, 0.717) is 0 Å². The summed E-state index contributed by atoms with van der Waals surface area (Å²) >= 11 is 0. The van der Waals surface area contributed by atoms with Gasteiger partial charge in [0.05, 0.1) is 7.11 Å². The van der Waals surface area contributed by atoms with Crippen molar-refractivity contribution in [2.45, 2.75) is 0 Å². The van der Waals surface area contributed by atoms with Gasteiger partial charge in [-0.2, -0.15) is 0 Å². The second-order valence-corrected chi connectivity index (χ2v) is 3.74. The summed E-state index contributed by atoms with van der Waals surface area (Å²) in [6.45, 7) is 0. The Hall–Kier alpha value is -1.04. The van der Waals surface area contributed by atoms with Gasteiger partial charge in [0.1, 0.15) is 6.26 Å². The van der Waals surface area contributed by atoms with E-state index < -0.39 is 20.7 Å². The Kier molecular flexibility index (Phi) is 3.06. The molecule has 0 atom stereocenters. The Balaban J connectivity index is 4.89. The molecule has 0 aliphatic carbocycles. The largest absolute Gasteiger partial charge is 0.514 e. The summed E-state index contributed by atoms with van der Waals surface area (Å²) in [6, 6.07) is 0. The lowest BCUT2D eigenvalue weighted by Gasteiger charge is -1.99. The fraction of sp³-hybridized carbons (Fsp3) is 0.400. The number of aliphatic hydroxyl groups is 1. The Morgan fingerprint density at radius 2 is 2.00 bits per heavy atom. The van der Waals surface area contributed by atoms with Gasteiger partial charge in [0, 0.05) is 6.26 Å². The van der Waals surface area contributed by atoms with Crippen LogP contribution in [-0.2, 0) is 19.4 Å². The minimum atomic E-state index is -3.69. The van der Waals surface area contributed by atoms with E-state index >= 15 is 0 Å². The molecular formula is C5H8O5S. The van der Waals surface area contributed by atoms with Crippen molar-refractivity contribution in [3.05, 3.63) is 11.2 Å². The van der Waals surface area contributed by atoms with Crippen LogP contribution in [0.15, 0.2) is 11.2 Å². The number of hydrogen-bond donors (Lipinski definition) is 1. The molecule has 0 aromatic rings. The van der Waals surface area contributed by atoms with Gasteiger partial charge in [0.2, 0.25) is 0 Å². The monoisotopic (exact) mass is 180 g/mol. The number of hydrogen-bond acceptors (Lipinski definition) is 5. The summed E-state index contributed by atoms with van der Waals surface area (Å²) < 4.78 is 25.4. The summed E-state index contributed by atoms with van der Waals surface area (Å²) in [4.78, 5) is 9.81. The first-order valence-electron chi connectivity index (χ1n) is 2.56. The van der Waals surface area contributed by atoms with Crippen molar-refractivity contribution in [2.24, 2.45) is 0 Å². The van der Waals surface area contributed by atoms with Crippen molar-refractivity contribution in [2.75, 3.05) is 13.4 Å². The highest BCUT2D eigenvalue weighted by molar-refractivity contribution is 7.95. The minimum absolute atomic E-state index is 0.209. The maximum atomic E-state index is 10.6. The van der Waals surface area contributed by atoms with Gasteiger partial charge < -0.3 is 9.84 Å². The fourth-order valence-corrected chi connectivity index (χ4v) is 0.978. The average Bonchev–Trinajstić information content (AvgIpc) is 1.86. The molecule has 0 rings (SSSR count). The van der Waals surface area contributed by atoms with Gasteiger partial charge in [-0.25, -0.2) is 13.2 Å². The normalized spacial score (nSPS) is 12.7. The van der Waals surface area contributed by atoms with E-state index in [1.54, 1.807) is 0 Å². The van der Waals surface area contributed by atoms with E-state index in [1.807, 2.05) is 0 Å². The number of carbonyl (C=O) groups excluding carboxylic acids is 1. The highest BCUT2D eigenvalue weighted by Crippen LogP contribution is 2.04. The van der Waals surface area contributed by atoms with Crippen LogP contribution in [0.3, 0.4) is 0 Å². The first-order chi connectivity index (χ1) is 4.93. The van der Waals surface area contributed by atoms with Crippen molar-refractivity contribution in [1.82, 2.24) is 0 Å². The van der Waals surface area contributed by atoms with E-state index in [2.05, 4.69) is 4.74 Å². The SMILES string of the molecule is COC(=O)/C(=C\O)S(C)(=O)=O. The quantitative estimate of drug-likeness (QED) is 0.355. The highest BCUT2D eigenvalue weighted by Gasteiger charge is 2.20. The van der Waals surface area contributed by atoms with E-state index in [1.165, 1.54) is 0 Å². The van der Waals surface area contributed by atoms with Crippen LogP contribution in [0.25, 0.3) is 0 Å². The maximum Gasteiger partial charge on any atom is 0.352 e. The van der Waals surface area contributed by atoms with Crippen molar-refractivity contribution in [3.8, 4) is 0 Å². The number of sulfone groups is 1. The van der Waals surface area contributed by atoms with E-state index in [-0.39, 0.29) is 6.26 Å². The summed E-state index contributed by atoms with van der Waals surface area (Å²) in [5, 5.41) is 8.32. The number of aliphatic hydroxyl groups excluding tert-OH is 1. The fourth-order valence-electron chi connectivity index (χ4n) is 0.400. The third-order valence-corrected chi connectivity index (χ3v) is 1.97. The topological polar surface area (TPSA) is 80.7 Å². The number of carbonyl (C=O) groups is 1. The molecule has 0 fully saturated rings. The van der Waals surface area contributed by atoms with Gasteiger partial charge in [0.15, 0.2) is 14.7 Å². The number of ether oxygens (including phenoxy) is 1. The molecule has 0 amide bonds. The molecule has 0 aliphatic heterocycles. The van der Waals surface area contributed by atoms with Gasteiger partial charge in [-0.05, 0) is 0 Å². The van der Waals surface area contributed by atoms with E-state index in [0.717, 1.165) is 13.4 Å². The molecular weight excluding hydrogens is 172 g/mol. The van der Waals surface area contributed by atoms with Crippen molar-refractivity contribution < 1.29 is 23.1 Å². The van der Waals surface area contributed by atoms with Gasteiger partial charge in [-0.1, -0.05) is 0 Å². The van der Waals surface area contributed by atoms with Gasteiger partial charge >= 0.3 is 5.97 Å². The molecule has 0 heterocycles. The van der Waals surface area contributed by atoms with Crippen LogP contribution in [0.1, 0.15) is 0 Å². The van der Waals surface area contributed by atoms with Crippen LogP contribution in [-0.4, -0.2) is 32.9 Å². The van der Waals surface area contributed by atoms with Gasteiger partial charge in [0.25, 0.3) is 0 Å². The molecule has 0 saturated carbocycles. The summed E-state index contributed by atoms with van der Waals surface area (Å²) in [5.74, 6) is -1.07. The number of methoxy groups -OCH3 is 1. The van der Waals surface area contributed by atoms with Gasteiger partial charge in [-0.3, -0.25) is 0 Å². The molecule has 64 valence electrons. The van der Waals surface area contributed by atoms with Crippen LogP contribution in [0.4, 0.5) is 0 Å². The molecule has 0 aromatic carbocycles. The first-order valence-corrected chi connectivity index (χ1v) is 4.45. The lowest BCUT2D eigenvalue weighted by atomic mass is 10.6. The Bertz CT molecular complexity index is 273. The molecule has 0 spiro atoms. The zero-order valence-electron chi connectivity index (χ0n) is 6.07. The number of rotatable bonds is 2. The average molecular weight is 180 g/mol. The van der Waals surface area contributed by atoms with Crippen molar-refractivity contribution in [3.63, 3.8) is 0 Å². The number of esters is 1. The maximum absolute atomic E-state index is 10.6. The van der Waals surface area contributed by atoms with Crippen LogP contribution in [0, 0.1) is 0 Å². The lowest BCUT2D eigenvalue weighted by molar-refractivity contribution is -0.135. The summed E-state index contributed by atoms with van der Waals surface area (Å²) in [7, 11) is -2.66. The van der Waals surface area contributed by atoms with E-state index in [9.17, 15) is 13.2 Å². The summed E-state index contributed by atoms with van der Waals surface area (Å²) in [6.07, 6.45) is 1.01. The molecule has 6 heteroatoms. The smallest absolute Gasteiger partial charge is 0.352 e. The molecule has 5 nitrogen and oxygen atoms in total. The lowest BCUT2D eigenvalue weighted by Crippen LogP contribution is -2.13. The van der Waals surface area contributed by atoms with Crippen LogP contribution in [0.2, 0.25) is 0 Å². The molecule has 1 N–H and O–H groups in total.